The number of rotatable bonds is 2. The zero-order valence-corrected chi connectivity index (χ0v) is 16.0. The van der Waals surface area contributed by atoms with E-state index in [4.69, 9.17) is 0 Å². The molecule has 0 unspecified atom stereocenters. The lowest BCUT2D eigenvalue weighted by molar-refractivity contribution is -0.137. The van der Waals surface area contributed by atoms with E-state index in [1.54, 1.807) is 18.2 Å². The van der Waals surface area contributed by atoms with E-state index in [0.717, 1.165) is 36.3 Å². The molecule has 1 heterocycles. The first-order valence-electron chi connectivity index (χ1n) is 9.60. The van der Waals surface area contributed by atoms with Gasteiger partial charge in [-0.2, -0.15) is 13.2 Å². The molecule has 2 aromatic rings. The van der Waals surface area contributed by atoms with Crippen LogP contribution < -0.4 is 5.32 Å². The molecule has 0 saturated carbocycles. The fourth-order valence-electron chi connectivity index (χ4n) is 4.64. The lowest BCUT2D eigenvalue weighted by Gasteiger charge is -2.42. The van der Waals surface area contributed by atoms with Crippen LogP contribution in [0.3, 0.4) is 0 Å². The van der Waals surface area contributed by atoms with Gasteiger partial charge in [0, 0.05) is 37.1 Å². The smallest absolute Gasteiger partial charge is 0.309 e. The van der Waals surface area contributed by atoms with Crippen LogP contribution in [0.15, 0.2) is 42.5 Å². The normalized spacial score (nSPS) is 24.9. The van der Waals surface area contributed by atoms with Crippen LogP contribution in [0.25, 0.3) is 0 Å². The predicted octanol–water partition coefficient (Wildman–Crippen LogP) is 5.11. The first-order chi connectivity index (χ1) is 13.1. The third-order valence-corrected chi connectivity index (χ3v) is 5.92. The molecule has 6 heteroatoms. The third-order valence-electron chi connectivity index (χ3n) is 5.92. The average molecular weight is 392 g/mol. The van der Waals surface area contributed by atoms with Crippen molar-refractivity contribution < 1.29 is 17.6 Å². The Kier molecular flexibility index (Phi) is 4.74. The van der Waals surface area contributed by atoms with Crippen molar-refractivity contribution in [1.29, 1.82) is 0 Å². The quantitative estimate of drug-likeness (QED) is 0.715. The number of hydrogen-bond acceptors (Lipinski definition) is 2. The minimum atomic E-state index is -4.36. The van der Waals surface area contributed by atoms with E-state index in [0.29, 0.717) is 6.42 Å². The van der Waals surface area contributed by atoms with Crippen molar-refractivity contribution in [1.82, 2.24) is 10.2 Å². The summed E-state index contributed by atoms with van der Waals surface area (Å²) in [4.78, 5) is 2.29. The molecule has 0 amide bonds. The van der Waals surface area contributed by atoms with Crippen molar-refractivity contribution in [2.24, 2.45) is 0 Å². The molecule has 1 fully saturated rings. The van der Waals surface area contributed by atoms with Crippen molar-refractivity contribution >= 4 is 0 Å². The van der Waals surface area contributed by atoms with Crippen molar-refractivity contribution in [3.8, 4) is 0 Å². The average Bonchev–Trinajstić information content (AvgIpc) is 3.00. The summed E-state index contributed by atoms with van der Waals surface area (Å²) >= 11 is 0. The number of benzene rings is 2. The first kappa shape index (κ1) is 19.4. The Balaban J connectivity index is 1.75. The van der Waals surface area contributed by atoms with E-state index in [1.165, 1.54) is 24.3 Å². The Morgan fingerprint density at radius 1 is 1.04 bits per heavy atom. The molecule has 1 saturated heterocycles. The SMILES string of the molecule is CC1(C)CN([C@@H]2C[C@@H](c3ccc(F)cc3)c3ccc(C(F)(F)F)cc32)CCN1. The van der Waals surface area contributed by atoms with Gasteiger partial charge in [0.05, 0.1) is 5.56 Å². The second kappa shape index (κ2) is 6.85. The second-order valence-electron chi connectivity index (χ2n) is 8.48. The minimum absolute atomic E-state index is 0.0270. The van der Waals surface area contributed by atoms with Crippen LogP contribution >= 0.6 is 0 Å². The number of fused-ring (bicyclic) bond motifs is 1. The summed E-state index contributed by atoms with van der Waals surface area (Å²) in [6.45, 7) is 6.58. The molecule has 0 bridgehead atoms. The van der Waals surface area contributed by atoms with E-state index < -0.39 is 11.7 Å². The van der Waals surface area contributed by atoms with Crippen LogP contribution in [0.4, 0.5) is 17.6 Å². The molecular weight excluding hydrogens is 368 g/mol. The zero-order chi connectivity index (χ0) is 20.1. The molecule has 1 aliphatic heterocycles. The van der Waals surface area contributed by atoms with Gasteiger partial charge in [0.2, 0.25) is 0 Å². The minimum Gasteiger partial charge on any atom is -0.309 e. The predicted molar refractivity (Wildman–Crippen MR) is 101 cm³/mol. The van der Waals surface area contributed by atoms with E-state index in [2.05, 4.69) is 24.1 Å². The van der Waals surface area contributed by atoms with Gasteiger partial charge in [-0.25, -0.2) is 4.39 Å². The van der Waals surface area contributed by atoms with Crippen molar-refractivity contribution in [2.45, 2.75) is 43.9 Å². The van der Waals surface area contributed by atoms with Crippen LogP contribution in [-0.2, 0) is 6.18 Å². The highest BCUT2D eigenvalue weighted by atomic mass is 19.4. The summed E-state index contributed by atoms with van der Waals surface area (Å²) < 4.78 is 53.4. The summed E-state index contributed by atoms with van der Waals surface area (Å²) in [5.41, 5.74) is 1.92. The van der Waals surface area contributed by atoms with Gasteiger partial charge in [-0.3, -0.25) is 4.90 Å². The van der Waals surface area contributed by atoms with Crippen LogP contribution in [0.2, 0.25) is 0 Å². The second-order valence-corrected chi connectivity index (χ2v) is 8.48. The summed E-state index contributed by atoms with van der Waals surface area (Å²) in [7, 11) is 0. The standard InChI is InChI=1S/C22H24F4N2/c1-21(2)13-28(10-9-27-21)20-12-18(14-3-6-16(23)7-4-14)17-8-5-15(11-19(17)20)22(24,25)26/h3-8,11,18,20,27H,9-10,12-13H2,1-2H3/t18-,20+/m0/s1. The Hall–Kier alpha value is -1.92. The number of alkyl halides is 3. The van der Waals surface area contributed by atoms with Gasteiger partial charge in [-0.05, 0) is 61.2 Å². The molecule has 1 aliphatic carbocycles. The first-order valence-corrected chi connectivity index (χ1v) is 9.60. The van der Waals surface area contributed by atoms with E-state index in [-0.39, 0.29) is 23.3 Å². The highest BCUT2D eigenvalue weighted by Crippen LogP contribution is 2.48. The highest BCUT2D eigenvalue weighted by molar-refractivity contribution is 5.47. The number of nitrogens with one attached hydrogen (secondary N) is 1. The summed E-state index contributed by atoms with van der Waals surface area (Å²) in [5, 5.41) is 3.46. The van der Waals surface area contributed by atoms with Crippen molar-refractivity contribution in [3.05, 3.63) is 70.5 Å². The molecule has 2 nitrogen and oxygen atoms in total. The molecule has 1 N–H and O–H groups in total. The number of nitrogens with zero attached hydrogens (tertiary/aromatic N) is 1. The molecule has 4 rings (SSSR count). The molecule has 2 aromatic carbocycles. The number of halogens is 4. The molecule has 2 aliphatic rings. The van der Waals surface area contributed by atoms with Gasteiger partial charge in [0.1, 0.15) is 5.82 Å². The molecule has 0 spiro atoms. The van der Waals surface area contributed by atoms with Crippen molar-refractivity contribution in [2.75, 3.05) is 19.6 Å². The van der Waals surface area contributed by atoms with Crippen LogP contribution in [0, 0.1) is 5.82 Å². The topological polar surface area (TPSA) is 15.3 Å². The van der Waals surface area contributed by atoms with Crippen LogP contribution in [0.5, 0.6) is 0 Å². The summed E-state index contributed by atoms with van der Waals surface area (Å²) in [6.07, 6.45) is -3.66. The van der Waals surface area contributed by atoms with Crippen LogP contribution in [-0.4, -0.2) is 30.1 Å². The van der Waals surface area contributed by atoms with Gasteiger partial charge in [0.15, 0.2) is 0 Å². The molecule has 0 radical (unpaired) electrons. The summed E-state index contributed by atoms with van der Waals surface area (Å²) in [5.74, 6) is -0.337. The maximum atomic E-state index is 13.4. The van der Waals surface area contributed by atoms with Gasteiger partial charge < -0.3 is 5.32 Å². The molecule has 28 heavy (non-hydrogen) atoms. The van der Waals surface area contributed by atoms with Crippen LogP contribution in [0.1, 0.15) is 54.5 Å². The Morgan fingerprint density at radius 3 is 2.39 bits per heavy atom. The zero-order valence-electron chi connectivity index (χ0n) is 16.0. The lowest BCUT2D eigenvalue weighted by atomic mass is 9.92. The van der Waals surface area contributed by atoms with Gasteiger partial charge in [-0.15, -0.1) is 0 Å². The van der Waals surface area contributed by atoms with Gasteiger partial charge in [0.25, 0.3) is 0 Å². The highest BCUT2D eigenvalue weighted by Gasteiger charge is 2.40. The van der Waals surface area contributed by atoms with Gasteiger partial charge in [-0.1, -0.05) is 18.2 Å². The van der Waals surface area contributed by atoms with E-state index >= 15 is 0 Å². The largest absolute Gasteiger partial charge is 0.416 e. The monoisotopic (exact) mass is 392 g/mol. The number of hydrogen-bond donors (Lipinski definition) is 1. The Labute approximate surface area is 162 Å². The molecular formula is C22H24F4N2. The fraction of sp³-hybridized carbons (Fsp3) is 0.455. The maximum absolute atomic E-state index is 13.4. The molecule has 2 atom stereocenters. The fourth-order valence-corrected chi connectivity index (χ4v) is 4.64. The van der Waals surface area contributed by atoms with Gasteiger partial charge >= 0.3 is 6.18 Å². The van der Waals surface area contributed by atoms with E-state index in [9.17, 15) is 17.6 Å². The lowest BCUT2D eigenvalue weighted by Crippen LogP contribution is -2.57. The maximum Gasteiger partial charge on any atom is 0.416 e. The Morgan fingerprint density at radius 2 is 1.75 bits per heavy atom. The summed E-state index contributed by atoms with van der Waals surface area (Å²) in [6, 6.07) is 10.3. The molecule has 150 valence electrons. The Bertz CT molecular complexity index is 858. The number of piperazine rings is 1. The molecule has 0 aromatic heterocycles. The van der Waals surface area contributed by atoms with Crippen molar-refractivity contribution in [3.63, 3.8) is 0 Å². The third kappa shape index (κ3) is 3.67. The van der Waals surface area contributed by atoms with E-state index in [1.807, 2.05) is 0 Å².